The summed E-state index contributed by atoms with van der Waals surface area (Å²) in [6, 6.07) is 0.192. The van der Waals surface area contributed by atoms with Gasteiger partial charge >= 0.3 is 0 Å². The molecule has 0 aromatic heterocycles. The molecule has 2 atom stereocenters. The lowest BCUT2D eigenvalue weighted by molar-refractivity contribution is -0.144. The third kappa shape index (κ3) is 2.92. The maximum Gasteiger partial charge on any atom is 0.252 e. The Bertz CT molecular complexity index is 219. The van der Waals surface area contributed by atoms with Crippen LogP contribution in [0.2, 0.25) is 0 Å². The lowest BCUT2D eigenvalue weighted by Gasteiger charge is -2.29. The van der Waals surface area contributed by atoms with Crippen molar-refractivity contribution in [2.24, 2.45) is 11.7 Å². The van der Waals surface area contributed by atoms with Gasteiger partial charge in [0.2, 0.25) is 0 Å². The van der Waals surface area contributed by atoms with Crippen LogP contribution in [0.4, 0.5) is 0 Å². The summed E-state index contributed by atoms with van der Waals surface area (Å²) in [7, 11) is 0. The molecule has 0 bridgehead atoms. The minimum absolute atomic E-state index is 0.0976. The highest BCUT2D eigenvalue weighted by molar-refractivity contribution is 5.81. The Balaban J connectivity index is 2.62. The molecule has 0 aliphatic carbocycles. The largest absolute Gasteiger partial charge is 0.368 e. The molecule has 15 heavy (non-hydrogen) atoms. The van der Waals surface area contributed by atoms with Gasteiger partial charge in [-0.05, 0) is 26.2 Å². The Kier molecular flexibility index (Phi) is 4.54. The summed E-state index contributed by atoms with van der Waals surface area (Å²) in [5.74, 6) is 0.428. The zero-order valence-corrected chi connectivity index (χ0v) is 9.90. The molecule has 1 rings (SSSR count). The van der Waals surface area contributed by atoms with E-state index in [4.69, 9.17) is 10.5 Å². The SMILES string of the molecule is CC1CCOC1C(=O)N(CCN)C(C)C. The quantitative estimate of drug-likeness (QED) is 0.746. The number of nitrogens with zero attached hydrogens (tertiary/aromatic N) is 1. The number of rotatable bonds is 4. The van der Waals surface area contributed by atoms with Crippen LogP contribution in [0.1, 0.15) is 27.2 Å². The average Bonchev–Trinajstić information content (AvgIpc) is 2.59. The zero-order chi connectivity index (χ0) is 11.4. The molecule has 1 aliphatic heterocycles. The van der Waals surface area contributed by atoms with Crippen molar-refractivity contribution in [2.75, 3.05) is 19.7 Å². The van der Waals surface area contributed by atoms with Crippen LogP contribution in [0.3, 0.4) is 0 Å². The minimum atomic E-state index is -0.251. The first-order chi connectivity index (χ1) is 7.07. The fourth-order valence-electron chi connectivity index (χ4n) is 1.94. The Morgan fingerprint density at radius 1 is 1.60 bits per heavy atom. The lowest BCUT2D eigenvalue weighted by Crippen LogP contribution is -2.46. The van der Waals surface area contributed by atoms with Gasteiger partial charge in [-0.2, -0.15) is 0 Å². The van der Waals surface area contributed by atoms with E-state index in [9.17, 15) is 4.79 Å². The van der Waals surface area contributed by atoms with Crippen LogP contribution >= 0.6 is 0 Å². The van der Waals surface area contributed by atoms with Gasteiger partial charge in [0.15, 0.2) is 0 Å². The van der Waals surface area contributed by atoms with E-state index in [-0.39, 0.29) is 18.1 Å². The van der Waals surface area contributed by atoms with Crippen LogP contribution in [0, 0.1) is 5.92 Å². The summed E-state index contributed by atoms with van der Waals surface area (Å²) in [6.45, 7) is 7.90. The van der Waals surface area contributed by atoms with Gasteiger partial charge in [0, 0.05) is 25.7 Å². The van der Waals surface area contributed by atoms with Crippen LogP contribution < -0.4 is 5.73 Å². The molecule has 4 nitrogen and oxygen atoms in total. The van der Waals surface area contributed by atoms with Crippen LogP contribution in [-0.4, -0.2) is 42.6 Å². The molecule has 2 N–H and O–H groups in total. The highest BCUT2D eigenvalue weighted by Gasteiger charge is 2.34. The summed E-state index contributed by atoms with van der Waals surface area (Å²) in [4.78, 5) is 13.9. The topological polar surface area (TPSA) is 55.6 Å². The summed E-state index contributed by atoms with van der Waals surface area (Å²) >= 11 is 0. The number of amides is 1. The van der Waals surface area contributed by atoms with Crippen molar-refractivity contribution >= 4 is 5.91 Å². The Hall–Kier alpha value is -0.610. The predicted molar refractivity (Wildman–Crippen MR) is 59.4 cm³/mol. The van der Waals surface area contributed by atoms with E-state index in [0.717, 1.165) is 6.42 Å². The van der Waals surface area contributed by atoms with Gasteiger partial charge in [-0.15, -0.1) is 0 Å². The standard InChI is InChI=1S/C11H22N2O2/c1-8(2)13(6-5-12)11(14)10-9(3)4-7-15-10/h8-10H,4-7,12H2,1-3H3. The zero-order valence-electron chi connectivity index (χ0n) is 9.90. The van der Waals surface area contributed by atoms with Gasteiger partial charge in [0.05, 0.1) is 0 Å². The van der Waals surface area contributed by atoms with Crippen molar-refractivity contribution in [2.45, 2.75) is 39.3 Å². The monoisotopic (exact) mass is 214 g/mol. The number of ether oxygens (including phenoxy) is 1. The van der Waals surface area contributed by atoms with Crippen molar-refractivity contribution < 1.29 is 9.53 Å². The molecule has 1 aliphatic rings. The van der Waals surface area contributed by atoms with E-state index >= 15 is 0 Å². The van der Waals surface area contributed by atoms with Crippen molar-refractivity contribution in [3.63, 3.8) is 0 Å². The molecule has 0 spiro atoms. The highest BCUT2D eigenvalue weighted by atomic mass is 16.5. The number of carbonyl (C=O) groups is 1. The molecular formula is C11H22N2O2. The third-order valence-corrected chi connectivity index (χ3v) is 2.91. The van der Waals surface area contributed by atoms with E-state index in [1.54, 1.807) is 0 Å². The molecule has 1 fully saturated rings. The van der Waals surface area contributed by atoms with Crippen LogP contribution in [0.5, 0.6) is 0 Å². The van der Waals surface area contributed by atoms with Crippen LogP contribution in [0.15, 0.2) is 0 Å². The second kappa shape index (κ2) is 5.47. The summed E-state index contributed by atoms with van der Waals surface area (Å²) in [6.07, 6.45) is 0.726. The predicted octanol–water partition coefficient (Wildman–Crippen LogP) is 0.607. The lowest BCUT2D eigenvalue weighted by atomic mass is 10.0. The van der Waals surface area contributed by atoms with Gasteiger partial charge in [0.1, 0.15) is 6.10 Å². The Morgan fingerprint density at radius 2 is 2.27 bits per heavy atom. The first-order valence-corrected chi connectivity index (χ1v) is 5.70. The highest BCUT2D eigenvalue weighted by Crippen LogP contribution is 2.22. The molecule has 1 amide bonds. The van der Waals surface area contributed by atoms with Crippen molar-refractivity contribution in [3.8, 4) is 0 Å². The molecule has 4 heteroatoms. The average molecular weight is 214 g/mol. The molecule has 1 heterocycles. The number of hydrogen-bond acceptors (Lipinski definition) is 3. The Morgan fingerprint density at radius 3 is 2.67 bits per heavy atom. The fraction of sp³-hybridized carbons (Fsp3) is 0.909. The van der Waals surface area contributed by atoms with Gasteiger partial charge in [-0.25, -0.2) is 0 Å². The smallest absolute Gasteiger partial charge is 0.252 e. The van der Waals surface area contributed by atoms with Crippen molar-refractivity contribution in [1.82, 2.24) is 4.90 Å². The number of hydrogen-bond donors (Lipinski definition) is 1. The van der Waals surface area contributed by atoms with Gasteiger partial charge < -0.3 is 15.4 Å². The van der Waals surface area contributed by atoms with Gasteiger partial charge in [-0.1, -0.05) is 6.92 Å². The summed E-state index contributed by atoms with van der Waals surface area (Å²) in [5.41, 5.74) is 5.50. The first kappa shape index (κ1) is 12.5. The normalized spacial score (nSPS) is 25.9. The number of carbonyl (C=O) groups excluding carboxylic acids is 1. The molecule has 0 aromatic carbocycles. The molecule has 0 radical (unpaired) electrons. The van der Waals surface area contributed by atoms with E-state index in [1.165, 1.54) is 0 Å². The van der Waals surface area contributed by atoms with Crippen LogP contribution in [-0.2, 0) is 9.53 Å². The molecule has 1 saturated heterocycles. The molecule has 88 valence electrons. The van der Waals surface area contributed by atoms with E-state index < -0.39 is 0 Å². The van der Waals surface area contributed by atoms with E-state index in [2.05, 4.69) is 6.92 Å². The van der Waals surface area contributed by atoms with Crippen LogP contribution in [0.25, 0.3) is 0 Å². The number of nitrogens with two attached hydrogens (primary N) is 1. The molecule has 0 saturated carbocycles. The first-order valence-electron chi connectivity index (χ1n) is 5.70. The second-order valence-electron chi connectivity index (χ2n) is 4.47. The van der Waals surface area contributed by atoms with Crippen molar-refractivity contribution in [3.05, 3.63) is 0 Å². The second-order valence-corrected chi connectivity index (χ2v) is 4.47. The summed E-state index contributed by atoms with van der Waals surface area (Å²) in [5, 5.41) is 0. The molecule has 2 unspecified atom stereocenters. The molecular weight excluding hydrogens is 192 g/mol. The summed E-state index contributed by atoms with van der Waals surface area (Å²) < 4.78 is 5.47. The third-order valence-electron chi connectivity index (χ3n) is 2.91. The maximum absolute atomic E-state index is 12.1. The van der Waals surface area contributed by atoms with Gasteiger partial charge in [0.25, 0.3) is 5.91 Å². The van der Waals surface area contributed by atoms with E-state index in [0.29, 0.717) is 25.6 Å². The van der Waals surface area contributed by atoms with E-state index in [1.807, 2.05) is 18.7 Å². The van der Waals surface area contributed by atoms with Gasteiger partial charge in [-0.3, -0.25) is 4.79 Å². The minimum Gasteiger partial charge on any atom is -0.368 e. The molecule has 0 aromatic rings. The fourth-order valence-corrected chi connectivity index (χ4v) is 1.94. The maximum atomic E-state index is 12.1. The van der Waals surface area contributed by atoms with Crippen molar-refractivity contribution in [1.29, 1.82) is 0 Å². The Labute approximate surface area is 91.8 Å².